The number of ether oxygens (including phenoxy) is 3. The summed E-state index contributed by atoms with van der Waals surface area (Å²) in [6.07, 6.45) is -5.83. The van der Waals surface area contributed by atoms with Crippen molar-refractivity contribution in [1.82, 2.24) is 0 Å². The molecule has 1 aromatic carbocycles. The highest BCUT2D eigenvalue weighted by Crippen LogP contribution is 2.24. The number of benzene rings is 1. The zero-order valence-electron chi connectivity index (χ0n) is 11.7. The molecule has 8 heteroatoms. The zero-order chi connectivity index (χ0) is 16.8. The van der Waals surface area contributed by atoms with E-state index in [-0.39, 0.29) is 30.3 Å². The molecule has 1 unspecified atom stereocenters. The molecule has 5 nitrogen and oxygen atoms in total. The molecule has 0 saturated heterocycles. The van der Waals surface area contributed by atoms with E-state index in [1.807, 2.05) is 0 Å². The van der Waals surface area contributed by atoms with Crippen LogP contribution in [0.3, 0.4) is 0 Å². The van der Waals surface area contributed by atoms with Crippen molar-refractivity contribution in [2.75, 3.05) is 13.2 Å². The molecule has 1 N–H and O–H groups in total. The van der Waals surface area contributed by atoms with Crippen molar-refractivity contribution >= 4 is 5.97 Å². The fraction of sp³-hybridized carbons (Fsp3) is 0.357. The van der Waals surface area contributed by atoms with Crippen molar-refractivity contribution in [3.8, 4) is 11.5 Å². The van der Waals surface area contributed by atoms with Gasteiger partial charge in [-0.2, -0.15) is 0 Å². The normalized spacial score (nSPS) is 12.4. The molecular weight excluding hydrogens is 305 g/mol. The molecule has 0 aromatic heterocycles. The Morgan fingerprint density at radius 2 is 1.77 bits per heavy atom. The maximum absolute atomic E-state index is 12.0. The van der Waals surface area contributed by atoms with Crippen molar-refractivity contribution < 1.29 is 37.3 Å². The fourth-order valence-corrected chi connectivity index (χ4v) is 1.27. The smallest absolute Gasteiger partial charge is 0.491 e. The summed E-state index contributed by atoms with van der Waals surface area (Å²) in [5.74, 6) is -0.775. The molecule has 0 radical (unpaired) electrons. The Morgan fingerprint density at radius 3 is 2.27 bits per heavy atom. The minimum atomic E-state index is -4.76. The van der Waals surface area contributed by atoms with Crippen molar-refractivity contribution in [3.63, 3.8) is 0 Å². The van der Waals surface area contributed by atoms with Crippen molar-refractivity contribution in [2.45, 2.75) is 19.4 Å². The average molecular weight is 320 g/mol. The van der Waals surface area contributed by atoms with Crippen LogP contribution >= 0.6 is 0 Å². The SMILES string of the molecule is C=C(C)C(=O)OCC(O)COc1ccc(OC(F)(F)F)cc1. The Morgan fingerprint density at radius 1 is 1.23 bits per heavy atom. The Bertz CT molecular complexity index is 510. The molecule has 122 valence electrons. The van der Waals surface area contributed by atoms with E-state index < -0.39 is 18.4 Å². The molecule has 0 aliphatic heterocycles. The van der Waals surface area contributed by atoms with E-state index in [2.05, 4.69) is 11.3 Å². The number of carbonyl (C=O) groups is 1. The van der Waals surface area contributed by atoms with Gasteiger partial charge in [-0.15, -0.1) is 13.2 Å². The van der Waals surface area contributed by atoms with E-state index >= 15 is 0 Å². The summed E-state index contributed by atoms with van der Waals surface area (Å²) in [5.41, 5.74) is 0.202. The summed E-state index contributed by atoms with van der Waals surface area (Å²) in [6, 6.07) is 4.67. The minimum Gasteiger partial charge on any atom is -0.491 e. The number of halogens is 3. The maximum Gasteiger partial charge on any atom is 0.573 e. The summed E-state index contributed by atoms with van der Waals surface area (Å²) in [4.78, 5) is 11.1. The summed E-state index contributed by atoms with van der Waals surface area (Å²) >= 11 is 0. The second kappa shape index (κ2) is 7.69. The number of alkyl halides is 3. The van der Waals surface area contributed by atoms with Crippen LogP contribution in [0.15, 0.2) is 36.4 Å². The highest BCUT2D eigenvalue weighted by molar-refractivity contribution is 5.86. The third-order valence-corrected chi connectivity index (χ3v) is 2.25. The van der Waals surface area contributed by atoms with Gasteiger partial charge < -0.3 is 19.3 Å². The Balaban J connectivity index is 2.38. The van der Waals surface area contributed by atoms with Gasteiger partial charge in [0.2, 0.25) is 0 Å². The first-order valence-corrected chi connectivity index (χ1v) is 6.16. The van der Waals surface area contributed by atoms with Gasteiger partial charge in [0.1, 0.15) is 30.8 Å². The second-order valence-electron chi connectivity index (χ2n) is 4.36. The molecular formula is C14H15F3O5. The van der Waals surface area contributed by atoms with Crippen LogP contribution in [0.5, 0.6) is 11.5 Å². The lowest BCUT2D eigenvalue weighted by Crippen LogP contribution is -2.25. The molecule has 0 aliphatic rings. The number of hydrogen-bond donors (Lipinski definition) is 1. The number of aliphatic hydroxyl groups excluding tert-OH is 1. The van der Waals surface area contributed by atoms with Crippen LogP contribution in [0.1, 0.15) is 6.92 Å². The van der Waals surface area contributed by atoms with E-state index in [1.165, 1.54) is 19.1 Å². The molecule has 1 rings (SSSR count). The highest BCUT2D eigenvalue weighted by Gasteiger charge is 2.30. The quantitative estimate of drug-likeness (QED) is 0.617. The molecule has 1 atom stereocenters. The molecule has 0 heterocycles. The molecule has 0 amide bonds. The van der Waals surface area contributed by atoms with Crippen LogP contribution in [0.25, 0.3) is 0 Å². The first-order valence-electron chi connectivity index (χ1n) is 6.16. The largest absolute Gasteiger partial charge is 0.573 e. The monoisotopic (exact) mass is 320 g/mol. The molecule has 1 aromatic rings. The van der Waals surface area contributed by atoms with Crippen molar-refractivity contribution in [2.24, 2.45) is 0 Å². The van der Waals surface area contributed by atoms with E-state index in [4.69, 9.17) is 9.47 Å². The lowest BCUT2D eigenvalue weighted by atomic mass is 10.3. The molecule has 0 bridgehead atoms. The van der Waals surface area contributed by atoms with Crippen LogP contribution in [-0.4, -0.2) is 36.8 Å². The number of rotatable bonds is 7. The summed E-state index contributed by atoms with van der Waals surface area (Å²) in [6.45, 7) is 4.38. The van der Waals surface area contributed by atoms with Gasteiger partial charge in [0.25, 0.3) is 0 Å². The number of esters is 1. The van der Waals surface area contributed by atoms with Gasteiger partial charge in [-0.3, -0.25) is 0 Å². The maximum atomic E-state index is 12.0. The van der Waals surface area contributed by atoms with Crippen LogP contribution < -0.4 is 9.47 Å². The number of carbonyl (C=O) groups excluding carboxylic acids is 1. The van der Waals surface area contributed by atoms with Crippen molar-refractivity contribution in [3.05, 3.63) is 36.4 Å². The molecule has 0 saturated carbocycles. The van der Waals surface area contributed by atoms with Crippen LogP contribution in [-0.2, 0) is 9.53 Å². The predicted molar refractivity (Wildman–Crippen MR) is 70.4 cm³/mol. The molecule has 0 spiro atoms. The average Bonchev–Trinajstić information content (AvgIpc) is 2.42. The highest BCUT2D eigenvalue weighted by atomic mass is 19.4. The summed E-state index contributed by atoms with van der Waals surface area (Å²) < 4.78 is 49.5. The van der Waals surface area contributed by atoms with E-state index in [9.17, 15) is 23.1 Å². The van der Waals surface area contributed by atoms with Gasteiger partial charge in [0.15, 0.2) is 0 Å². The standard InChI is InChI=1S/C14H15F3O5/c1-9(2)13(19)21-8-10(18)7-20-11-3-5-12(6-4-11)22-14(15,16)17/h3-6,10,18H,1,7-8H2,2H3. The van der Waals surface area contributed by atoms with Crippen LogP contribution in [0, 0.1) is 0 Å². The lowest BCUT2D eigenvalue weighted by molar-refractivity contribution is -0.274. The zero-order valence-corrected chi connectivity index (χ0v) is 11.7. The topological polar surface area (TPSA) is 65.0 Å². The fourth-order valence-electron chi connectivity index (χ4n) is 1.27. The van der Waals surface area contributed by atoms with E-state index in [0.29, 0.717) is 0 Å². The number of hydrogen-bond acceptors (Lipinski definition) is 5. The van der Waals surface area contributed by atoms with Crippen LogP contribution in [0.4, 0.5) is 13.2 Å². The summed E-state index contributed by atoms with van der Waals surface area (Å²) in [7, 11) is 0. The minimum absolute atomic E-state index is 0.192. The molecule has 22 heavy (non-hydrogen) atoms. The third kappa shape index (κ3) is 6.98. The number of aliphatic hydroxyl groups is 1. The Labute approximate surface area is 124 Å². The molecule has 0 fully saturated rings. The van der Waals surface area contributed by atoms with Crippen molar-refractivity contribution in [1.29, 1.82) is 0 Å². The predicted octanol–water partition coefficient (Wildman–Crippen LogP) is 2.44. The first-order chi connectivity index (χ1) is 10.2. The van der Waals surface area contributed by atoms with Crippen LogP contribution in [0.2, 0.25) is 0 Å². The van der Waals surface area contributed by atoms with Gasteiger partial charge in [-0.25, -0.2) is 4.79 Å². The Kier molecular flexibility index (Phi) is 6.24. The van der Waals surface area contributed by atoms with E-state index in [0.717, 1.165) is 12.1 Å². The van der Waals surface area contributed by atoms with Gasteiger partial charge in [0.05, 0.1) is 0 Å². The summed E-state index contributed by atoms with van der Waals surface area (Å²) in [5, 5.41) is 9.54. The lowest BCUT2D eigenvalue weighted by Gasteiger charge is -2.13. The first kappa shape index (κ1) is 17.8. The van der Waals surface area contributed by atoms with Gasteiger partial charge in [-0.1, -0.05) is 6.58 Å². The van der Waals surface area contributed by atoms with Gasteiger partial charge >= 0.3 is 12.3 Å². The third-order valence-electron chi connectivity index (χ3n) is 2.25. The second-order valence-corrected chi connectivity index (χ2v) is 4.36. The van der Waals surface area contributed by atoms with Gasteiger partial charge in [0, 0.05) is 5.57 Å². The Hall–Kier alpha value is -2.22. The molecule has 0 aliphatic carbocycles. The van der Waals surface area contributed by atoms with Gasteiger partial charge in [-0.05, 0) is 31.2 Å². The van der Waals surface area contributed by atoms with E-state index in [1.54, 1.807) is 0 Å².